The Kier molecular flexibility index (Phi) is 4.32. The van der Waals surface area contributed by atoms with E-state index < -0.39 is 0 Å². The molecule has 0 aromatic heterocycles. The monoisotopic (exact) mass is 386 g/mol. The Hall–Kier alpha value is -1.06. The van der Waals surface area contributed by atoms with Gasteiger partial charge in [-0.25, -0.2) is 0 Å². The molecule has 2 unspecified atom stereocenters. The molecule has 1 amide bonds. The van der Waals surface area contributed by atoms with Gasteiger partial charge in [0, 0.05) is 11.1 Å². The van der Waals surface area contributed by atoms with Gasteiger partial charge in [-0.15, -0.1) is 0 Å². The summed E-state index contributed by atoms with van der Waals surface area (Å²) in [6.45, 7) is 2.19. The van der Waals surface area contributed by atoms with Crippen LogP contribution in [0.1, 0.15) is 56.9 Å². The van der Waals surface area contributed by atoms with Gasteiger partial charge in [-0.05, 0) is 106 Å². The largest absolute Gasteiger partial charge is 0.353 e. The van der Waals surface area contributed by atoms with Crippen molar-refractivity contribution in [2.75, 3.05) is 20.1 Å². The third-order valence-electron chi connectivity index (χ3n) is 8.05. The number of nitrogens with one attached hydrogen (secondary N) is 1. The van der Waals surface area contributed by atoms with Gasteiger partial charge in [-0.2, -0.15) is 0 Å². The zero-order valence-corrected chi connectivity index (χ0v) is 17.1. The Balaban J connectivity index is 1.39. The van der Waals surface area contributed by atoms with Gasteiger partial charge in [0.2, 0.25) is 5.91 Å². The highest BCUT2D eigenvalue weighted by Crippen LogP contribution is 2.65. The Morgan fingerprint density at radius 2 is 1.70 bits per heavy atom. The summed E-state index contributed by atoms with van der Waals surface area (Å²) in [7, 11) is 2.17. The second-order valence-electron chi connectivity index (χ2n) is 10.1. The molecule has 0 radical (unpaired) electrons. The van der Waals surface area contributed by atoms with E-state index in [2.05, 4.69) is 29.4 Å². The van der Waals surface area contributed by atoms with E-state index in [0.29, 0.717) is 23.8 Å². The second kappa shape index (κ2) is 6.49. The molecule has 4 aliphatic carbocycles. The molecule has 1 heterocycles. The fourth-order valence-corrected chi connectivity index (χ4v) is 7.29. The summed E-state index contributed by atoms with van der Waals surface area (Å²) in [4.78, 5) is 15.9. The van der Waals surface area contributed by atoms with E-state index in [0.717, 1.165) is 50.2 Å². The summed E-state index contributed by atoms with van der Waals surface area (Å²) in [5.41, 5.74) is 1.48. The molecule has 1 aromatic rings. The molecule has 5 fully saturated rings. The lowest BCUT2D eigenvalue weighted by Crippen LogP contribution is -2.60. The minimum atomic E-state index is -0.132. The molecular weight excluding hydrogens is 356 g/mol. The third kappa shape index (κ3) is 3.11. The van der Waals surface area contributed by atoms with E-state index in [9.17, 15) is 4.79 Å². The number of hydrogen-bond acceptors (Lipinski definition) is 2. The van der Waals surface area contributed by atoms with Crippen molar-refractivity contribution in [1.82, 2.24) is 10.2 Å². The van der Waals surface area contributed by atoms with Gasteiger partial charge in [-0.3, -0.25) is 4.79 Å². The topological polar surface area (TPSA) is 32.3 Å². The number of benzene rings is 1. The Labute approximate surface area is 167 Å². The fraction of sp³-hybridized carbons (Fsp3) is 0.696. The summed E-state index contributed by atoms with van der Waals surface area (Å²) in [5.74, 6) is 1.79. The number of amides is 1. The molecule has 3 nitrogen and oxygen atoms in total. The standard InChI is InChI=1S/C23H31ClN2O/c1-26-8-6-20(7-9-26)25-21(27)23-13-16-10-17(14-23)12-22(11-16,15-23)18-2-4-19(24)5-3-18/h2-5,16-17,20H,6-15H2,1H3,(H,25,27). The highest BCUT2D eigenvalue weighted by Gasteiger charge is 2.61. The molecule has 5 aliphatic rings. The average molecular weight is 387 g/mol. The van der Waals surface area contributed by atoms with Crippen LogP contribution in [-0.4, -0.2) is 37.0 Å². The molecule has 27 heavy (non-hydrogen) atoms. The molecule has 4 bridgehead atoms. The maximum atomic E-state index is 13.5. The van der Waals surface area contributed by atoms with Crippen LogP contribution in [0, 0.1) is 17.3 Å². The molecule has 6 rings (SSSR count). The zero-order chi connectivity index (χ0) is 18.6. The highest BCUT2D eigenvalue weighted by atomic mass is 35.5. The van der Waals surface area contributed by atoms with Crippen molar-refractivity contribution in [2.24, 2.45) is 17.3 Å². The average Bonchev–Trinajstić information content (AvgIpc) is 2.63. The Morgan fingerprint density at radius 3 is 2.33 bits per heavy atom. The van der Waals surface area contributed by atoms with Gasteiger partial charge in [0.05, 0.1) is 5.41 Å². The number of carbonyl (C=O) groups is 1. The molecule has 0 spiro atoms. The van der Waals surface area contributed by atoms with Crippen LogP contribution in [-0.2, 0) is 10.2 Å². The van der Waals surface area contributed by atoms with Gasteiger partial charge in [0.1, 0.15) is 0 Å². The summed E-state index contributed by atoms with van der Waals surface area (Å²) in [6.07, 6.45) is 9.28. The number of hydrogen-bond donors (Lipinski definition) is 1. The van der Waals surface area contributed by atoms with Crippen LogP contribution in [0.25, 0.3) is 0 Å². The molecule has 1 aliphatic heterocycles. The smallest absolute Gasteiger partial charge is 0.226 e. The van der Waals surface area contributed by atoms with Crippen molar-refractivity contribution in [2.45, 2.75) is 62.8 Å². The molecule has 1 saturated heterocycles. The van der Waals surface area contributed by atoms with Gasteiger partial charge < -0.3 is 10.2 Å². The van der Waals surface area contributed by atoms with Gasteiger partial charge in [0.15, 0.2) is 0 Å². The Bertz CT molecular complexity index is 708. The maximum absolute atomic E-state index is 13.5. The Morgan fingerprint density at radius 1 is 1.07 bits per heavy atom. The molecule has 4 heteroatoms. The quantitative estimate of drug-likeness (QED) is 0.835. The predicted molar refractivity (Wildman–Crippen MR) is 109 cm³/mol. The lowest BCUT2D eigenvalue weighted by atomic mass is 9.42. The SMILES string of the molecule is CN1CCC(NC(=O)C23CC4CC(C2)CC(c2ccc(Cl)cc2)(C4)C3)CC1. The molecule has 146 valence electrons. The summed E-state index contributed by atoms with van der Waals surface area (Å²) in [5, 5.41) is 4.29. The van der Waals surface area contributed by atoms with Crippen molar-refractivity contribution in [3.8, 4) is 0 Å². The zero-order valence-electron chi connectivity index (χ0n) is 16.3. The minimum Gasteiger partial charge on any atom is -0.353 e. The van der Waals surface area contributed by atoms with Crippen molar-refractivity contribution in [3.63, 3.8) is 0 Å². The van der Waals surface area contributed by atoms with Crippen LogP contribution in [0.5, 0.6) is 0 Å². The second-order valence-corrected chi connectivity index (χ2v) is 10.5. The predicted octanol–water partition coefficient (Wildman–Crippen LogP) is 4.39. The number of rotatable bonds is 3. The first kappa shape index (κ1) is 18.0. The number of nitrogens with zero attached hydrogens (tertiary/aromatic N) is 1. The van der Waals surface area contributed by atoms with Crippen LogP contribution < -0.4 is 5.32 Å². The van der Waals surface area contributed by atoms with Gasteiger partial charge in [0.25, 0.3) is 0 Å². The first-order valence-electron chi connectivity index (χ1n) is 10.7. The number of carbonyl (C=O) groups excluding carboxylic acids is 1. The normalized spacial score (nSPS) is 38.9. The highest BCUT2D eigenvalue weighted by molar-refractivity contribution is 6.30. The van der Waals surface area contributed by atoms with E-state index in [1.54, 1.807) is 0 Å². The van der Waals surface area contributed by atoms with E-state index in [1.165, 1.54) is 24.8 Å². The molecular formula is C23H31ClN2O. The lowest BCUT2D eigenvalue weighted by molar-refractivity contribution is -0.150. The molecule has 2 atom stereocenters. The van der Waals surface area contributed by atoms with Crippen LogP contribution in [0.3, 0.4) is 0 Å². The van der Waals surface area contributed by atoms with Crippen LogP contribution in [0.4, 0.5) is 0 Å². The van der Waals surface area contributed by atoms with E-state index in [4.69, 9.17) is 11.6 Å². The lowest BCUT2D eigenvalue weighted by Gasteiger charge is -2.61. The van der Waals surface area contributed by atoms with E-state index in [-0.39, 0.29) is 10.8 Å². The van der Waals surface area contributed by atoms with E-state index in [1.807, 2.05) is 12.1 Å². The van der Waals surface area contributed by atoms with Crippen molar-refractivity contribution >= 4 is 17.5 Å². The van der Waals surface area contributed by atoms with E-state index >= 15 is 0 Å². The van der Waals surface area contributed by atoms with Crippen molar-refractivity contribution in [3.05, 3.63) is 34.9 Å². The first-order chi connectivity index (χ1) is 13.0. The van der Waals surface area contributed by atoms with Gasteiger partial charge >= 0.3 is 0 Å². The molecule has 1 N–H and O–H groups in total. The third-order valence-corrected chi connectivity index (χ3v) is 8.31. The van der Waals surface area contributed by atoms with Crippen molar-refractivity contribution < 1.29 is 4.79 Å². The van der Waals surface area contributed by atoms with Gasteiger partial charge in [-0.1, -0.05) is 23.7 Å². The summed E-state index contributed by atoms with van der Waals surface area (Å²) >= 11 is 6.15. The molecule has 1 aromatic carbocycles. The summed E-state index contributed by atoms with van der Waals surface area (Å²) in [6, 6.07) is 8.87. The minimum absolute atomic E-state index is 0.132. The van der Waals surface area contributed by atoms with Crippen molar-refractivity contribution in [1.29, 1.82) is 0 Å². The first-order valence-corrected chi connectivity index (χ1v) is 11.1. The number of halogens is 1. The molecule has 4 saturated carbocycles. The summed E-state index contributed by atoms with van der Waals surface area (Å²) < 4.78 is 0. The number of piperidine rings is 1. The fourth-order valence-electron chi connectivity index (χ4n) is 7.16. The number of likely N-dealkylation sites (tertiary alicyclic amines) is 1. The van der Waals surface area contributed by atoms with Crippen LogP contribution in [0.15, 0.2) is 24.3 Å². The maximum Gasteiger partial charge on any atom is 0.226 e. The van der Waals surface area contributed by atoms with Crippen LogP contribution >= 0.6 is 11.6 Å². The van der Waals surface area contributed by atoms with Crippen LogP contribution in [0.2, 0.25) is 5.02 Å².